The molecule has 5 rings (SSSR count). The Morgan fingerprint density at radius 1 is 1.21 bits per heavy atom. The van der Waals surface area contributed by atoms with Crippen molar-refractivity contribution in [1.82, 2.24) is 29.6 Å². The second-order valence-electron chi connectivity index (χ2n) is 9.43. The number of ether oxygens (including phenoxy) is 1. The molecular weight excluding hydrogens is 439 g/mol. The average molecular weight is 467 g/mol. The van der Waals surface area contributed by atoms with Crippen molar-refractivity contribution in [2.24, 2.45) is 7.05 Å². The third-order valence-corrected chi connectivity index (χ3v) is 7.23. The van der Waals surface area contributed by atoms with Gasteiger partial charge in [0, 0.05) is 42.2 Å². The predicted octanol–water partition coefficient (Wildman–Crippen LogP) is 2.74. The molecule has 10 heteroatoms. The molecule has 3 aromatic rings. The zero-order chi connectivity index (χ0) is 24.0. The molecule has 2 fully saturated rings. The van der Waals surface area contributed by atoms with Gasteiger partial charge < -0.3 is 9.84 Å². The van der Waals surface area contributed by atoms with Crippen LogP contribution in [0.25, 0.3) is 22.6 Å². The minimum atomic E-state index is -1.09. The quantitative estimate of drug-likeness (QED) is 0.626. The first-order valence-electron chi connectivity index (χ1n) is 11.4. The lowest BCUT2D eigenvalue weighted by atomic mass is 9.74. The Bertz CT molecular complexity index is 1270. The Hall–Kier alpha value is -3.40. The molecule has 0 radical (unpaired) electrons. The van der Waals surface area contributed by atoms with Crippen LogP contribution < -0.4 is 10.4 Å². The second kappa shape index (κ2) is 8.43. The van der Waals surface area contributed by atoms with Gasteiger partial charge in [0.05, 0.1) is 5.69 Å². The molecule has 2 saturated heterocycles. The molecule has 0 aliphatic carbocycles. The van der Waals surface area contributed by atoms with Crippen LogP contribution in [0.15, 0.2) is 41.5 Å². The summed E-state index contributed by atoms with van der Waals surface area (Å²) >= 11 is 0. The molecule has 2 aliphatic heterocycles. The van der Waals surface area contributed by atoms with Crippen molar-refractivity contribution in [3.05, 3.63) is 47.1 Å². The van der Waals surface area contributed by atoms with E-state index in [-0.39, 0.29) is 29.0 Å². The van der Waals surface area contributed by atoms with Crippen LogP contribution in [0.5, 0.6) is 11.6 Å². The van der Waals surface area contributed by atoms with Crippen molar-refractivity contribution in [2.75, 3.05) is 7.05 Å². The van der Waals surface area contributed by atoms with Gasteiger partial charge in [0.2, 0.25) is 5.88 Å². The molecule has 1 aromatic carbocycles. The first kappa shape index (κ1) is 22.4. The standard InChI is InChI=1S/C24H27FN6O3/c1-24-10-4-5-17(31(24)3)21(25)19(12-24)34-20-9-8-16(28-29-20)15-7-6-14(11-18(15)32)22-26-13-30(2)23(33)27-22/h6-9,11,13,17,19,21,32H,4-5,10,12H2,1-3H3/t17?,19-,21+,24-/m1/s1. The summed E-state index contributed by atoms with van der Waals surface area (Å²) in [6.45, 7) is 2.17. The summed E-state index contributed by atoms with van der Waals surface area (Å²) in [6.07, 6.45) is 3.19. The van der Waals surface area contributed by atoms with E-state index in [1.165, 1.54) is 17.0 Å². The first-order valence-corrected chi connectivity index (χ1v) is 11.4. The van der Waals surface area contributed by atoms with Crippen LogP contribution in [0.3, 0.4) is 0 Å². The molecule has 34 heavy (non-hydrogen) atoms. The number of nitrogens with zero attached hydrogens (tertiary/aromatic N) is 6. The largest absolute Gasteiger partial charge is 0.507 e. The number of fused-ring (bicyclic) bond motifs is 2. The van der Waals surface area contributed by atoms with Gasteiger partial charge in [-0.1, -0.05) is 6.07 Å². The van der Waals surface area contributed by atoms with Gasteiger partial charge in [-0.2, -0.15) is 4.98 Å². The number of hydrogen-bond acceptors (Lipinski definition) is 8. The molecule has 1 N–H and O–H groups in total. The van der Waals surface area contributed by atoms with E-state index in [2.05, 4.69) is 32.0 Å². The highest BCUT2D eigenvalue weighted by Crippen LogP contribution is 2.43. The van der Waals surface area contributed by atoms with Crippen molar-refractivity contribution >= 4 is 0 Å². The molecular formula is C24H27FN6O3. The zero-order valence-electron chi connectivity index (χ0n) is 19.3. The second-order valence-corrected chi connectivity index (χ2v) is 9.43. The first-order chi connectivity index (χ1) is 16.2. The lowest BCUT2D eigenvalue weighted by Gasteiger charge is -2.54. The lowest BCUT2D eigenvalue weighted by molar-refractivity contribution is -0.105. The molecule has 0 saturated carbocycles. The van der Waals surface area contributed by atoms with Gasteiger partial charge in [-0.15, -0.1) is 10.2 Å². The molecule has 2 aromatic heterocycles. The van der Waals surface area contributed by atoms with Crippen LogP contribution in [-0.4, -0.2) is 65.6 Å². The summed E-state index contributed by atoms with van der Waals surface area (Å²) < 4.78 is 22.4. The highest BCUT2D eigenvalue weighted by atomic mass is 19.1. The summed E-state index contributed by atoms with van der Waals surface area (Å²) in [6, 6.07) is 8.00. The normalized spacial score (nSPS) is 26.9. The van der Waals surface area contributed by atoms with Gasteiger partial charge >= 0.3 is 5.69 Å². The number of alkyl halides is 1. The summed E-state index contributed by atoms with van der Waals surface area (Å²) in [4.78, 5) is 21.9. The minimum Gasteiger partial charge on any atom is -0.507 e. The van der Waals surface area contributed by atoms with Crippen LogP contribution in [-0.2, 0) is 7.05 Å². The number of halogens is 1. The number of rotatable bonds is 4. The maximum absolute atomic E-state index is 15.2. The van der Waals surface area contributed by atoms with Crippen LogP contribution in [0, 0.1) is 0 Å². The van der Waals surface area contributed by atoms with Gasteiger partial charge in [-0.25, -0.2) is 14.2 Å². The van der Waals surface area contributed by atoms with Crippen molar-refractivity contribution < 1.29 is 14.2 Å². The Morgan fingerprint density at radius 3 is 2.74 bits per heavy atom. The van der Waals surface area contributed by atoms with Crippen molar-refractivity contribution in [3.63, 3.8) is 0 Å². The number of aryl methyl sites for hydroxylation is 1. The number of phenols is 1. The SMILES string of the molecule is CN1C2CCC[C@]1(C)C[C@@H](Oc1ccc(-c3ccc(-c4ncn(C)c(=O)n4)cc3O)nn1)[C@H]2F. The van der Waals surface area contributed by atoms with E-state index in [9.17, 15) is 9.90 Å². The predicted molar refractivity (Wildman–Crippen MR) is 123 cm³/mol. The molecule has 1 unspecified atom stereocenters. The molecule has 9 nitrogen and oxygen atoms in total. The smallest absolute Gasteiger partial charge is 0.350 e. The third-order valence-electron chi connectivity index (χ3n) is 7.23. The van der Waals surface area contributed by atoms with E-state index in [0.29, 0.717) is 23.2 Å². The number of piperidine rings is 2. The molecule has 2 aliphatic rings. The number of hydrogen-bond donors (Lipinski definition) is 1. The zero-order valence-corrected chi connectivity index (χ0v) is 19.3. The monoisotopic (exact) mass is 466 g/mol. The van der Waals surface area contributed by atoms with Gasteiger partial charge in [0.1, 0.15) is 18.2 Å². The Kier molecular flexibility index (Phi) is 5.55. The van der Waals surface area contributed by atoms with Crippen LogP contribution >= 0.6 is 0 Å². The maximum atomic E-state index is 15.2. The summed E-state index contributed by atoms with van der Waals surface area (Å²) in [5, 5.41) is 18.9. The van der Waals surface area contributed by atoms with Gasteiger partial charge in [-0.3, -0.25) is 9.47 Å². The van der Waals surface area contributed by atoms with Crippen LogP contribution in [0.1, 0.15) is 32.6 Å². The van der Waals surface area contributed by atoms with Crippen molar-refractivity contribution in [3.8, 4) is 34.3 Å². The molecule has 2 bridgehead atoms. The Labute approximate surface area is 196 Å². The Morgan fingerprint density at radius 2 is 2.03 bits per heavy atom. The van der Waals surface area contributed by atoms with Crippen LogP contribution in [0.2, 0.25) is 0 Å². The van der Waals surface area contributed by atoms with E-state index in [0.717, 1.165) is 19.3 Å². The number of benzene rings is 1. The van der Waals surface area contributed by atoms with E-state index < -0.39 is 18.0 Å². The van der Waals surface area contributed by atoms with Gasteiger partial charge in [-0.05, 0) is 51.4 Å². The molecule has 0 spiro atoms. The molecule has 4 atom stereocenters. The minimum absolute atomic E-state index is 0.0513. The van der Waals surface area contributed by atoms with Crippen LogP contribution in [0.4, 0.5) is 4.39 Å². The van der Waals surface area contributed by atoms with E-state index in [4.69, 9.17) is 4.74 Å². The summed E-state index contributed by atoms with van der Waals surface area (Å²) in [5.74, 6) is 0.425. The highest BCUT2D eigenvalue weighted by Gasteiger charge is 2.51. The number of aromatic hydroxyl groups is 1. The average Bonchev–Trinajstić information content (AvgIpc) is 2.81. The van der Waals surface area contributed by atoms with Crippen molar-refractivity contribution in [2.45, 2.75) is 56.5 Å². The molecule has 0 amide bonds. The summed E-state index contributed by atoms with van der Waals surface area (Å²) in [7, 11) is 3.56. The lowest BCUT2D eigenvalue weighted by Crippen LogP contribution is -2.65. The fourth-order valence-corrected chi connectivity index (χ4v) is 5.08. The van der Waals surface area contributed by atoms with E-state index >= 15 is 4.39 Å². The number of aromatic nitrogens is 5. The van der Waals surface area contributed by atoms with Gasteiger partial charge in [0.25, 0.3) is 0 Å². The fourth-order valence-electron chi connectivity index (χ4n) is 5.08. The highest BCUT2D eigenvalue weighted by molar-refractivity contribution is 5.71. The van der Waals surface area contributed by atoms with E-state index in [1.54, 1.807) is 31.3 Å². The number of phenolic OH excluding ortho intramolecular Hbond substituents is 1. The molecule has 178 valence electrons. The van der Waals surface area contributed by atoms with Gasteiger partial charge in [0.15, 0.2) is 12.0 Å². The Balaban J connectivity index is 1.33. The maximum Gasteiger partial charge on any atom is 0.350 e. The van der Waals surface area contributed by atoms with E-state index in [1.807, 2.05) is 7.05 Å². The third kappa shape index (κ3) is 3.91. The fraction of sp³-hybridized carbons (Fsp3) is 0.458. The van der Waals surface area contributed by atoms with Crippen molar-refractivity contribution in [1.29, 1.82) is 0 Å². The molecule has 4 heterocycles. The topological polar surface area (TPSA) is 106 Å². The summed E-state index contributed by atoms with van der Waals surface area (Å²) in [5.41, 5.74) is 0.876.